The van der Waals surface area contributed by atoms with Crippen LogP contribution in [0.25, 0.3) is 33.2 Å². The van der Waals surface area contributed by atoms with Gasteiger partial charge in [-0.3, -0.25) is 4.98 Å². The highest BCUT2D eigenvalue weighted by Crippen LogP contribution is 2.36. The molecule has 1 aromatic carbocycles. The molecular weight excluding hydrogens is 308 g/mol. The van der Waals surface area contributed by atoms with Crippen LogP contribution >= 0.6 is 0 Å². The van der Waals surface area contributed by atoms with E-state index in [2.05, 4.69) is 24.0 Å². The maximum atomic E-state index is 8.37. The largest absolute Gasteiger partial charge is 0.455 e. The number of furan rings is 1. The first kappa shape index (κ1) is 13.6. The summed E-state index contributed by atoms with van der Waals surface area (Å²) in [6.45, 7) is 5.88. The summed E-state index contributed by atoms with van der Waals surface area (Å²) in [4.78, 5) is 4.23. The van der Waals surface area contributed by atoms with Crippen molar-refractivity contribution in [3.8, 4) is 11.3 Å². The first-order valence-corrected chi connectivity index (χ1v) is 8.57. The Morgan fingerprint density at radius 1 is 1.16 bits per heavy atom. The molecule has 0 spiro atoms. The van der Waals surface area contributed by atoms with Crippen LogP contribution in [0, 0.1) is 12.8 Å². The lowest BCUT2D eigenvalue weighted by molar-refractivity contribution is -0.660. The van der Waals surface area contributed by atoms with Crippen molar-refractivity contribution in [2.45, 2.75) is 27.1 Å². The molecule has 3 aromatic heterocycles. The predicted molar refractivity (Wildman–Crippen MR) is 101 cm³/mol. The average Bonchev–Trinajstić information content (AvgIpc) is 3.00. The van der Waals surface area contributed by atoms with Gasteiger partial charge in [0.2, 0.25) is 5.69 Å². The van der Waals surface area contributed by atoms with Gasteiger partial charge in [-0.25, -0.2) is 4.57 Å². The number of aryl methyl sites for hydroxylation is 2. The molecule has 0 aliphatic carbocycles. The smallest absolute Gasteiger partial charge is 0.216 e. The molecule has 0 fully saturated rings. The quantitative estimate of drug-likeness (QED) is 0.495. The van der Waals surface area contributed by atoms with Crippen molar-refractivity contribution < 1.29 is 11.7 Å². The molecule has 0 saturated heterocycles. The Morgan fingerprint density at radius 3 is 2.76 bits per heavy atom. The second kappa shape index (κ2) is 5.99. The second-order valence-corrected chi connectivity index (χ2v) is 6.82. The van der Waals surface area contributed by atoms with Crippen LogP contribution in [0.4, 0.5) is 0 Å². The van der Waals surface area contributed by atoms with Gasteiger partial charge in [-0.1, -0.05) is 26.0 Å². The van der Waals surface area contributed by atoms with Crippen molar-refractivity contribution >= 4 is 21.9 Å². The predicted octanol–water partition coefficient (Wildman–Crippen LogP) is 4.98. The maximum Gasteiger partial charge on any atom is 0.216 e. The van der Waals surface area contributed by atoms with Gasteiger partial charge in [0, 0.05) is 37.5 Å². The fourth-order valence-electron chi connectivity index (χ4n) is 3.39. The zero-order valence-corrected chi connectivity index (χ0v) is 15.0. The van der Waals surface area contributed by atoms with E-state index in [0.29, 0.717) is 5.56 Å². The van der Waals surface area contributed by atoms with E-state index in [0.717, 1.165) is 38.8 Å². The first-order chi connectivity index (χ1) is 12.8. The third-order valence-electron chi connectivity index (χ3n) is 4.49. The van der Waals surface area contributed by atoms with E-state index in [1.165, 1.54) is 0 Å². The molecule has 4 rings (SSSR count). The van der Waals surface area contributed by atoms with E-state index >= 15 is 0 Å². The molecule has 25 heavy (non-hydrogen) atoms. The van der Waals surface area contributed by atoms with Crippen LogP contribution in [0.3, 0.4) is 0 Å². The Morgan fingerprint density at radius 2 is 2.00 bits per heavy atom. The summed E-state index contributed by atoms with van der Waals surface area (Å²) in [5, 5.41) is 2.05. The van der Waals surface area contributed by atoms with Crippen molar-refractivity contribution in [1.82, 2.24) is 4.98 Å². The van der Waals surface area contributed by atoms with Gasteiger partial charge < -0.3 is 4.42 Å². The average molecular weight is 333 g/mol. The lowest BCUT2D eigenvalue weighted by Crippen LogP contribution is -2.31. The van der Waals surface area contributed by atoms with Crippen LogP contribution in [0.15, 0.2) is 53.3 Å². The molecule has 3 nitrogen and oxygen atoms in total. The molecule has 0 unspecified atom stereocenters. The molecule has 126 valence electrons. The van der Waals surface area contributed by atoms with Crippen molar-refractivity contribution in [2.24, 2.45) is 13.0 Å². The topological polar surface area (TPSA) is 29.9 Å². The molecular formula is C22H23N2O+. The minimum Gasteiger partial charge on any atom is -0.455 e. The molecule has 0 radical (unpaired) electrons. The monoisotopic (exact) mass is 333 g/mol. The van der Waals surface area contributed by atoms with E-state index in [1.807, 2.05) is 56.1 Å². The Hall–Kier alpha value is -2.68. The zero-order chi connectivity index (χ0) is 19.3. The van der Waals surface area contributed by atoms with Gasteiger partial charge in [0.15, 0.2) is 6.20 Å². The normalized spacial score (nSPS) is 13.5. The van der Waals surface area contributed by atoms with Crippen molar-refractivity contribution in [3.63, 3.8) is 0 Å². The summed E-state index contributed by atoms with van der Waals surface area (Å²) in [6, 6.07) is 9.93. The van der Waals surface area contributed by atoms with Gasteiger partial charge in [-0.2, -0.15) is 0 Å². The lowest BCUT2D eigenvalue weighted by atomic mass is 9.99. The third kappa shape index (κ3) is 2.70. The van der Waals surface area contributed by atoms with E-state index in [4.69, 9.17) is 7.16 Å². The van der Waals surface area contributed by atoms with E-state index < -0.39 is 6.37 Å². The molecule has 0 bridgehead atoms. The summed E-state index contributed by atoms with van der Waals surface area (Å²) >= 11 is 0. The Balaban J connectivity index is 1.96. The number of hydrogen-bond donors (Lipinski definition) is 0. The van der Waals surface area contributed by atoms with E-state index in [9.17, 15) is 0 Å². The van der Waals surface area contributed by atoms with Gasteiger partial charge in [0.1, 0.15) is 18.2 Å². The minimum absolute atomic E-state index is 0.101. The van der Waals surface area contributed by atoms with Crippen molar-refractivity contribution in [2.75, 3.05) is 0 Å². The van der Waals surface area contributed by atoms with Crippen LogP contribution in [-0.4, -0.2) is 4.98 Å². The van der Waals surface area contributed by atoms with Gasteiger partial charge >= 0.3 is 0 Å². The highest BCUT2D eigenvalue weighted by atomic mass is 16.3. The summed E-state index contributed by atoms with van der Waals surface area (Å²) < 4.78 is 24.9. The van der Waals surface area contributed by atoms with E-state index in [-0.39, 0.29) is 5.92 Å². The number of rotatable bonds is 3. The molecule has 0 N–H and O–H groups in total. The number of aromatic nitrogens is 2. The Bertz CT molecular complexity index is 1160. The molecule has 0 aliphatic rings. The second-order valence-electron chi connectivity index (χ2n) is 6.82. The standard InChI is InChI=1S/C22H23N2O/c1-14(2)11-16-6-8-19(24(4)13-16)21-15(3)5-7-17-18-12-23-10-9-20(18)25-22(17)21/h5-10,12-14H,11H2,1-4H3/q+1/i11D2. The van der Waals surface area contributed by atoms with Crippen LogP contribution < -0.4 is 4.57 Å². The van der Waals surface area contributed by atoms with Gasteiger partial charge in [0.05, 0.1) is 5.56 Å². The number of fused-ring (bicyclic) bond motifs is 3. The summed E-state index contributed by atoms with van der Waals surface area (Å²) in [7, 11) is 1.96. The minimum atomic E-state index is -1.37. The Labute approximate surface area is 150 Å². The fraction of sp³-hybridized carbons (Fsp3) is 0.273. The SMILES string of the molecule is [2H]C([2H])(c1ccc(-c2c(C)ccc3c2oc2ccncc23)[n+](C)c1)C(C)C. The van der Waals surface area contributed by atoms with Crippen LogP contribution in [0.5, 0.6) is 0 Å². The first-order valence-electron chi connectivity index (χ1n) is 9.57. The molecule has 3 heteroatoms. The molecule has 4 aromatic rings. The lowest BCUT2D eigenvalue weighted by Gasteiger charge is -2.08. The van der Waals surface area contributed by atoms with Gasteiger partial charge in [-0.05, 0) is 36.9 Å². The molecule has 0 atom stereocenters. The highest BCUT2D eigenvalue weighted by molar-refractivity contribution is 6.09. The van der Waals surface area contributed by atoms with E-state index in [1.54, 1.807) is 6.20 Å². The number of pyridine rings is 2. The van der Waals surface area contributed by atoms with Crippen LogP contribution in [-0.2, 0) is 13.4 Å². The molecule has 0 amide bonds. The number of nitrogens with zero attached hydrogens (tertiary/aromatic N) is 2. The zero-order valence-electron chi connectivity index (χ0n) is 17.0. The summed E-state index contributed by atoms with van der Waals surface area (Å²) in [5.41, 5.74) is 5.49. The number of hydrogen-bond acceptors (Lipinski definition) is 2. The van der Waals surface area contributed by atoms with Crippen LogP contribution in [0.2, 0.25) is 0 Å². The van der Waals surface area contributed by atoms with Crippen molar-refractivity contribution in [3.05, 3.63) is 60.0 Å². The van der Waals surface area contributed by atoms with Gasteiger partial charge in [0.25, 0.3) is 0 Å². The van der Waals surface area contributed by atoms with Gasteiger partial charge in [-0.15, -0.1) is 0 Å². The molecule has 3 heterocycles. The summed E-state index contributed by atoms with van der Waals surface area (Å²) in [6.07, 6.45) is 4.08. The number of benzene rings is 1. The molecule has 0 aliphatic heterocycles. The summed E-state index contributed by atoms with van der Waals surface area (Å²) in [5.74, 6) is -0.101. The molecule has 0 saturated carbocycles. The Kier molecular flexibility index (Phi) is 3.26. The van der Waals surface area contributed by atoms with Crippen LogP contribution in [0.1, 0.15) is 27.7 Å². The van der Waals surface area contributed by atoms with Crippen molar-refractivity contribution in [1.29, 1.82) is 0 Å². The third-order valence-corrected chi connectivity index (χ3v) is 4.49. The fourth-order valence-corrected chi connectivity index (χ4v) is 3.39. The highest BCUT2D eigenvalue weighted by Gasteiger charge is 2.20. The maximum absolute atomic E-state index is 8.37.